The fourth-order valence-electron chi connectivity index (χ4n) is 1.80. The van der Waals surface area contributed by atoms with E-state index in [-0.39, 0.29) is 39.2 Å². The van der Waals surface area contributed by atoms with Gasteiger partial charge in [0.15, 0.2) is 6.29 Å². The first-order valence-electron chi connectivity index (χ1n) is 5.64. The van der Waals surface area contributed by atoms with Gasteiger partial charge in [0, 0.05) is 19.3 Å². The summed E-state index contributed by atoms with van der Waals surface area (Å²) in [5.41, 5.74) is -5.65. The summed E-state index contributed by atoms with van der Waals surface area (Å²) >= 11 is 0.666. The van der Waals surface area contributed by atoms with Crippen molar-refractivity contribution in [2.24, 2.45) is 7.05 Å². The molecule has 0 bridgehead atoms. The smallest absolute Gasteiger partial charge is 0.297 e. The molecule has 21 heavy (non-hydrogen) atoms. The molecule has 2 aromatic heterocycles. The van der Waals surface area contributed by atoms with Gasteiger partial charge in [0.2, 0.25) is 0 Å². The highest BCUT2D eigenvalue weighted by atomic mass is 32.2. The molecule has 0 unspecified atom stereocenters. The van der Waals surface area contributed by atoms with Crippen molar-refractivity contribution in [2.75, 3.05) is 5.75 Å². The Labute approximate surface area is 124 Å². The van der Waals surface area contributed by atoms with Crippen LogP contribution in [0.5, 0.6) is 0 Å². The van der Waals surface area contributed by atoms with E-state index in [2.05, 4.69) is 0 Å². The minimum atomic E-state index is -4.38. The number of aldehydes is 1. The first kappa shape index (κ1) is 15.8. The van der Waals surface area contributed by atoms with E-state index in [0.717, 1.165) is 20.5 Å². The van der Waals surface area contributed by atoms with E-state index in [9.17, 15) is 27.6 Å². The van der Waals surface area contributed by atoms with Crippen LogP contribution < -0.4 is 11.2 Å². The summed E-state index contributed by atoms with van der Waals surface area (Å²) in [6.07, 6.45) is 0.531. The maximum Gasteiger partial charge on any atom is 0.441 e. The molecular formula is C11H9F3N2O3S2. The molecule has 0 radical (unpaired) electrons. The Bertz CT molecular complexity index is 804. The molecule has 2 rings (SSSR count). The van der Waals surface area contributed by atoms with Crippen molar-refractivity contribution in [3.8, 4) is 0 Å². The van der Waals surface area contributed by atoms with E-state index in [4.69, 9.17) is 0 Å². The van der Waals surface area contributed by atoms with Gasteiger partial charge < -0.3 is 0 Å². The lowest BCUT2D eigenvalue weighted by Crippen LogP contribution is -2.38. The fourth-order valence-corrected chi connectivity index (χ4v) is 3.29. The number of nitrogens with zero attached hydrogens (tertiary/aromatic N) is 2. The number of hydrogen-bond acceptors (Lipinski definition) is 5. The molecule has 10 heteroatoms. The molecule has 0 aliphatic rings. The molecule has 0 aromatic carbocycles. The van der Waals surface area contributed by atoms with Gasteiger partial charge >= 0.3 is 11.2 Å². The summed E-state index contributed by atoms with van der Waals surface area (Å²) in [4.78, 5) is 35.2. The van der Waals surface area contributed by atoms with Crippen molar-refractivity contribution in [1.82, 2.24) is 9.13 Å². The van der Waals surface area contributed by atoms with Gasteiger partial charge in [-0.15, -0.1) is 11.3 Å². The van der Waals surface area contributed by atoms with Crippen LogP contribution in [0.2, 0.25) is 0 Å². The summed E-state index contributed by atoms with van der Waals surface area (Å²) in [5, 5.41) is 0.154. The largest absolute Gasteiger partial charge is 0.441 e. The summed E-state index contributed by atoms with van der Waals surface area (Å²) < 4.78 is 38.4. The van der Waals surface area contributed by atoms with Crippen LogP contribution in [0.15, 0.2) is 15.7 Å². The van der Waals surface area contributed by atoms with E-state index in [0.29, 0.717) is 6.29 Å². The average Bonchev–Trinajstić information content (AvgIpc) is 2.83. The van der Waals surface area contributed by atoms with Crippen molar-refractivity contribution in [3.05, 3.63) is 31.8 Å². The number of alkyl halides is 3. The molecule has 0 amide bonds. The Morgan fingerprint density at radius 1 is 1.38 bits per heavy atom. The van der Waals surface area contributed by atoms with Crippen LogP contribution in [0.1, 0.15) is 9.67 Å². The molecular weight excluding hydrogens is 329 g/mol. The number of fused-ring (bicyclic) bond motifs is 1. The van der Waals surface area contributed by atoms with Gasteiger partial charge in [-0.25, -0.2) is 4.79 Å². The van der Waals surface area contributed by atoms with E-state index in [1.165, 1.54) is 13.1 Å². The number of halogens is 3. The van der Waals surface area contributed by atoms with Gasteiger partial charge in [-0.1, -0.05) is 0 Å². The topological polar surface area (TPSA) is 61.1 Å². The minimum absolute atomic E-state index is 0.154. The van der Waals surface area contributed by atoms with Crippen molar-refractivity contribution >= 4 is 39.6 Å². The highest BCUT2D eigenvalue weighted by Gasteiger charge is 2.28. The third kappa shape index (κ3) is 3.21. The van der Waals surface area contributed by atoms with Gasteiger partial charge in [-0.2, -0.15) is 13.2 Å². The Balaban J connectivity index is 2.51. The standard InChI is InChI=1S/C11H9F3N2O3S2/c1-15-8(18)7-4-6(5-17)21-9(7)16(10(15)19)2-3-20-11(12,13)14/h4-5H,2-3H2,1H3. The molecule has 0 fully saturated rings. The fraction of sp³-hybridized carbons (Fsp3) is 0.364. The minimum Gasteiger partial charge on any atom is -0.297 e. The van der Waals surface area contributed by atoms with Gasteiger partial charge in [0.05, 0.1) is 10.3 Å². The third-order valence-electron chi connectivity index (χ3n) is 2.73. The zero-order valence-corrected chi connectivity index (χ0v) is 12.3. The number of aryl methyl sites for hydroxylation is 1. The predicted octanol–water partition coefficient (Wildman–Crippen LogP) is 1.83. The molecule has 0 N–H and O–H groups in total. The maximum absolute atomic E-state index is 12.2. The lowest BCUT2D eigenvalue weighted by Gasteiger charge is -2.10. The summed E-state index contributed by atoms with van der Waals surface area (Å²) in [5.74, 6) is -0.356. The molecule has 0 aliphatic heterocycles. The van der Waals surface area contributed by atoms with Crippen LogP contribution in [0.4, 0.5) is 13.2 Å². The lowest BCUT2D eigenvalue weighted by molar-refractivity contribution is -0.0328. The lowest BCUT2D eigenvalue weighted by atomic mass is 10.3. The van der Waals surface area contributed by atoms with Crippen molar-refractivity contribution in [2.45, 2.75) is 12.1 Å². The van der Waals surface area contributed by atoms with Crippen molar-refractivity contribution in [3.63, 3.8) is 0 Å². The second kappa shape index (κ2) is 5.68. The van der Waals surface area contributed by atoms with Crippen molar-refractivity contribution < 1.29 is 18.0 Å². The number of aromatic nitrogens is 2. The second-order valence-corrected chi connectivity index (χ2v) is 6.30. The number of carbonyl (C=O) groups excluding carboxylic acids is 1. The molecule has 114 valence electrons. The molecule has 0 atom stereocenters. The number of rotatable bonds is 4. The van der Waals surface area contributed by atoms with E-state index in [1.807, 2.05) is 0 Å². The molecule has 5 nitrogen and oxygen atoms in total. The van der Waals surface area contributed by atoms with Crippen LogP contribution >= 0.6 is 23.1 Å². The number of hydrogen-bond donors (Lipinski definition) is 0. The van der Waals surface area contributed by atoms with Gasteiger partial charge in [0.25, 0.3) is 5.56 Å². The van der Waals surface area contributed by atoms with Crippen LogP contribution in [0, 0.1) is 0 Å². The predicted molar refractivity (Wildman–Crippen MR) is 75.2 cm³/mol. The molecule has 0 saturated heterocycles. The average molecular weight is 338 g/mol. The third-order valence-corrected chi connectivity index (χ3v) is 4.52. The summed E-state index contributed by atoms with van der Waals surface area (Å²) in [7, 11) is 1.25. The summed E-state index contributed by atoms with van der Waals surface area (Å²) in [6, 6.07) is 1.34. The van der Waals surface area contributed by atoms with Gasteiger partial charge in [0.1, 0.15) is 4.83 Å². The highest BCUT2D eigenvalue weighted by Crippen LogP contribution is 2.30. The maximum atomic E-state index is 12.2. The highest BCUT2D eigenvalue weighted by molar-refractivity contribution is 8.00. The molecule has 2 heterocycles. The van der Waals surface area contributed by atoms with Crippen LogP contribution in [0.25, 0.3) is 10.2 Å². The van der Waals surface area contributed by atoms with Crippen LogP contribution in [-0.4, -0.2) is 26.7 Å². The van der Waals surface area contributed by atoms with Crippen LogP contribution in [0.3, 0.4) is 0 Å². The number of thioether (sulfide) groups is 1. The normalized spacial score (nSPS) is 12.0. The molecule has 0 spiro atoms. The van der Waals surface area contributed by atoms with Gasteiger partial charge in [-0.05, 0) is 17.8 Å². The number of thiophene rings is 1. The van der Waals surface area contributed by atoms with Crippen molar-refractivity contribution in [1.29, 1.82) is 0 Å². The van der Waals surface area contributed by atoms with E-state index in [1.54, 1.807) is 0 Å². The van der Waals surface area contributed by atoms with E-state index < -0.39 is 16.8 Å². The Morgan fingerprint density at radius 2 is 2.05 bits per heavy atom. The first-order chi connectivity index (χ1) is 9.74. The Hall–Kier alpha value is -1.55. The summed E-state index contributed by atoms with van der Waals surface area (Å²) in [6.45, 7) is -0.202. The Kier molecular flexibility index (Phi) is 4.28. The van der Waals surface area contributed by atoms with E-state index >= 15 is 0 Å². The zero-order valence-electron chi connectivity index (χ0n) is 10.6. The molecule has 2 aromatic rings. The molecule has 0 saturated carbocycles. The van der Waals surface area contributed by atoms with Crippen LogP contribution in [-0.2, 0) is 13.6 Å². The monoisotopic (exact) mass is 338 g/mol. The SMILES string of the molecule is Cn1c(=O)c2cc(C=O)sc2n(CCSC(F)(F)F)c1=O. The number of carbonyl (C=O) groups is 1. The first-order valence-corrected chi connectivity index (χ1v) is 7.44. The van der Waals surface area contributed by atoms with Gasteiger partial charge in [-0.3, -0.25) is 18.7 Å². The zero-order chi connectivity index (χ0) is 15.8. The Morgan fingerprint density at radius 3 is 2.62 bits per heavy atom. The molecule has 0 aliphatic carbocycles. The second-order valence-electron chi connectivity index (χ2n) is 4.08. The quantitative estimate of drug-likeness (QED) is 0.798.